The van der Waals surface area contributed by atoms with Crippen LogP contribution >= 0.6 is 23.1 Å². The third-order valence-electron chi connectivity index (χ3n) is 4.31. The lowest BCUT2D eigenvalue weighted by molar-refractivity contribution is -0.113. The Hall–Kier alpha value is -3.31. The van der Waals surface area contributed by atoms with Crippen LogP contribution in [0.2, 0.25) is 0 Å². The second-order valence-corrected chi connectivity index (χ2v) is 8.15. The Bertz CT molecular complexity index is 1110. The molecule has 3 aromatic rings. The number of ether oxygens (including phenoxy) is 3. The van der Waals surface area contributed by atoms with E-state index in [1.165, 1.54) is 45.2 Å². The normalized spacial score (nSPS) is 10.5. The molecule has 3 rings (SSSR count). The number of nitrogens with one attached hydrogen (secondary N) is 1. The van der Waals surface area contributed by atoms with Crippen LogP contribution in [0.4, 0.5) is 5.69 Å². The summed E-state index contributed by atoms with van der Waals surface area (Å²) in [6.45, 7) is 4.29. The quantitative estimate of drug-likeness (QED) is 0.269. The number of hydrogen-bond acceptors (Lipinski definition) is 9. The summed E-state index contributed by atoms with van der Waals surface area (Å²) in [5.74, 6) is 0.539. The second-order valence-electron chi connectivity index (χ2n) is 6.26. The van der Waals surface area contributed by atoms with Gasteiger partial charge in [0.25, 0.3) is 0 Å². The molecular weight excluding hydrogens is 452 g/mol. The zero-order valence-electron chi connectivity index (χ0n) is 17.8. The summed E-state index contributed by atoms with van der Waals surface area (Å²) >= 11 is 2.79. The molecule has 1 N–H and O–H groups in total. The van der Waals surface area contributed by atoms with E-state index in [0.29, 0.717) is 23.2 Å². The summed E-state index contributed by atoms with van der Waals surface area (Å²) in [6.07, 6.45) is 1.75. The molecule has 2 aromatic heterocycles. The van der Waals surface area contributed by atoms with Crippen molar-refractivity contribution in [1.29, 1.82) is 0 Å². The molecule has 0 radical (unpaired) electrons. The van der Waals surface area contributed by atoms with Gasteiger partial charge in [0.2, 0.25) is 5.91 Å². The highest BCUT2D eigenvalue weighted by atomic mass is 32.2. The van der Waals surface area contributed by atoms with E-state index >= 15 is 0 Å². The molecule has 0 aliphatic carbocycles. The van der Waals surface area contributed by atoms with Crippen LogP contribution in [0.5, 0.6) is 11.5 Å². The van der Waals surface area contributed by atoms with Crippen molar-refractivity contribution < 1.29 is 23.8 Å². The van der Waals surface area contributed by atoms with Gasteiger partial charge in [-0.1, -0.05) is 23.9 Å². The summed E-state index contributed by atoms with van der Waals surface area (Å²) < 4.78 is 17.2. The van der Waals surface area contributed by atoms with Gasteiger partial charge in [0, 0.05) is 18.7 Å². The monoisotopic (exact) mass is 474 g/mol. The van der Waals surface area contributed by atoms with Crippen LogP contribution in [-0.4, -0.2) is 53.7 Å². The van der Waals surface area contributed by atoms with Crippen molar-refractivity contribution in [3.05, 3.63) is 47.9 Å². The molecule has 0 aliphatic heterocycles. The number of anilines is 1. The maximum atomic E-state index is 12.7. The first-order chi connectivity index (χ1) is 15.5. The van der Waals surface area contributed by atoms with Crippen molar-refractivity contribution in [1.82, 2.24) is 14.8 Å². The van der Waals surface area contributed by atoms with Gasteiger partial charge >= 0.3 is 5.97 Å². The van der Waals surface area contributed by atoms with E-state index in [-0.39, 0.29) is 22.9 Å². The molecule has 0 spiro atoms. The Morgan fingerprint density at radius 2 is 1.97 bits per heavy atom. The maximum Gasteiger partial charge on any atom is 0.340 e. The first-order valence-electron chi connectivity index (χ1n) is 9.37. The summed E-state index contributed by atoms with van der Waals surface area (Å²) in [6, 6.07) is 6.88. The van der Waals surface area contributed by atoms with Crippen molar-refractivity contribution >= 4 is 40.7 Å². The fourth-order valence-electron chi connectivity index (χ4n) is 2.85. The number of carbonyl (C=O) groups excluding carboxylic acids is 2. The van der Waals surface area contributed by atoms with Crippen molar-refractivity contribution in [2.45, 2.75) is 11.7 Å². The molecule has 0 aliphatic rings. The molecule has 11 heteroatoms. The lowest BCUT2D eigenvalue weighted by Crippen LogP contribution is -2.18. The first-order valence-corrected chi connectivity index (χ1v) is 11.2. The van der Waals surface area contributed by atoms with Gasteiger partial charge in [-0.2, -0.15) is 0 Å². The molecule has 168 valence electrons. The SMILES string of the molecule is C=CCn1c(SCC(=O)Nc2cc(OC)c(OC)cc2C(=O)OC)nnc1-c1cccs1. The van der Waals surface area contributed by atoms with Crippen LogP contribution in [0.1, 0.15) is 10.4 Å². The molecule has 0 fully saturated rings. The van der Waals surface area contributed by atoms with Crippen molar-refractivity contribution in [2.75, 3.05) is 32.4 Å². The van der Waals surface area contributed by atoms with E-state index in [9.17, 15) is 9.59 Å². The number of nitrogens with zero attached hydrogens (tertiary/aromatic N) is 3. The maximum absolute atomic E-state index is 12.7. The average molecular weight is 475 g/mol. The van der Waals surface area contributed by atoms with Crippen molar-refractivity contribution in [2.24, 2.45) is 0 Å². The topological polar surface area (TPSA) is 105 Å². The highest BCUT2D eigenvalue weighted by Crippen LogP contribution is 2.34. The van der Waals surface area contributed by atoms with Gasteiger partial charge in [-0.15, -0.1) is 28.1 Å². The predicted molar refractivity (Wildman–Crippen MR) is 124 cm³/mol. The number of hydrogen-bond donors (Lipinski definition) is 1. The lowest BCUT2D eigenvalue weighted by Gasteiger charge is -2.14. The highest BCUT2D eigenvalue weighted by Gasteiger charge is 2.20. The van der Waals surface area contributed by atoms with E-state index in [1.807, 2.05) is 22.1 Å². The van der Waals surface area contributed by atoms with Gasteiger partial charge in [0.05, 0.1) is 43.2 Å². The van der Waals surface area contributed by atoms with E-state index in [0.717, 1.165) is 10.7 Å². The molecule has 0 atom stereocenters. The third-order valence-corrected chi connectivity index (χ3v) is 6.14. The fraction of sp³-hybridized carbons (Fsp3) is 0.238. The van der Waals surface area contributed by atoms with Crippen LogP contribution < -0.4 is 14.8 Å². The van der Waals surface area contributed by atoms with Gasteiger partial charge in [-0.05, 0) is 11.4 Å². The largest absolute Gasteiger partial charge is 0.493 e. The molecule has 1 amide bonds. The average Bonchev–Trinajstić information content (AvgIpc) is 3.47. The molecule has 1 aromatic carbocycles. The van der Waals surface area contributed by atoms with Gasteiger partial charge in [0.1, 0.15) is 0 Å². The standard InChI is InChI=1S/C21H22N4O5S2/c1-5-8-25-19(17-7-6-9-31-17)23-24-21(25)32-12-18(26)22-14-11-16(29-3)15(28-2)10-13(14)20(27)30-4/h5-7,9-11H,1,8,12H2,2-4H3,(H,22,26). The van der Waals surface area contributed by atoms with Gasteiger partial charge in [-0.3, -0.25) is 9.36 Å². The molecule has 0 saturated carbocycles. The molecule has 0 saturated heterocycles. The Morgan fingerprint density at radius 1 is 1.22 bits per heavy atom. The summed E-state index contributed by atoms with van der Waals surface area (Å²) in [4.78, 5) is 25.8. The molecule has 0 unspecified atom stereocenters. The molecule has 32 heavy (non-hydrogen) atoms. The number of methoxy groups -OCH3 is 3. The number of amides is 1. The number of esters is 1. The first kappa shape index (κ1) is 23.4. The van der Waals surface area contributed by atoms with Crippen LogP contribution in [0.25, 0.3) is 10.7 Å². The number of thiophene rings is 1. The predicted octanol–water partition coefficient (Wildman–Crippen LogP) is 3.73. The fourth-order valence-corrected chi connectivity index (χ4v) is 4.32. The number of thioether (sulfide) groups is 1. The van der Waals surface area contributed by atoms with E-state index in [1.54, 1.807) is 17.4 Å². The van der Waals surface area contributed by atoms with Gasteiger partial charge in [-0.25, -0.2) is 4.79 Å². The summed E-state index contributed by atoms with van der Waals surface area (Å²) in [5.41, 5.74) is 0.408. The van der Waals surface area contributed by atoms with E-state index < -0.39 is 5.97 Å². The Morgan fingerprint density at radius 3 is 2.59 bits per heavy atom. The summed E-state index contributed by atoms with van der Waals surface area (Å²) in [7, 11) is 4.19. The smallest absolute Gasteiger partial charge is 0.340 e. The molecule has 9 nitrogen and oxygen atoms in total. The lowest BCUT2D eigenvalue weighted by atomic mass is 10.1. The van der Waals surface area contributed by atoms with E-state index in [2.05, 4.69) is 22.1 Å². The minimum atomic E-state index is -0.611. The number of carbonyl (C=O) groups is 2. The van der Waals surface area contributed by atoms with Gasteiger partial charge in [0.15, 0.2) is 22.5 Å². The van der Waals surface area contributed by atoms with Crippen LogP contribution in [0.3, 0.4) is 0 Å². The van der Waals surface area contributed by atoms with E-state index in [4.69, 9.17) is 14.2 Å². The second kappa shape index (κ2) is 10.8. The number of rotatable bonds is 10. The van der Waals surface area contributed by atoms with Crippen molar-refractivity contribution in [3.63, 3.8) is 0 Å². The van der Waals surface area contributed by atoms with Crippen LogP contribution in [0.15, 0.2) is 47.5 Å². The minimum Gasteiger partial charge on any atom is -0.493 e. The Balaban J connectivity index is 1.78. The highest BCUT2D eigenvalue weighted by molar-refractivity contribution is 7.99. The zero-order valence-corrected chi connectivity index (χ0v) is 19.4. The molecule has 0 bridgehead atoms. The Labute approximate surface area is 193 Å². The van der Waals surface area contributed by atoms with Crippen molar-refractivity contribution in [3.8, 4) is 22.2 Å². The van der Waals surface area contributed by atoms with Crippen LogP contribution in [-0.2, 0) is 16.1 Å². The summed E-state index contributed by atoms with van der Waals surface area (Å²) in [5, 5.41) is 13.8. The number of allylic oxidation sites excluding steroid dienone is 1. The van der Waals surface area contributed by atoms with Crippen LogP contribution in [0, 0.1) is 0 Å². The Kier molecular flexibility index (Phi) is 7.90. The minimum absolute atomic E-state index is 0.0503. The third kappa shape index (κ3) is 5.11. The zero-order chi connectivity index (χ0) is 23.1. The molecule has 2 heterocycles. The number of benzene rings is 1. The molecular formula is C21H22N4O5S2. The van der Waals surface area contributed by atoms with Gasteiger partial charge < -0.3 is 19.5 Å². The number of aromatic nitrogens is 3.